The molecule has 0 amide bonds. The second-order valence-electron chi connectivity index (χ2n) is 7.71. The molecule has 0 aliphatic carbocycles. The fourth-order valence-corrected chi connectivity index (χ4v) is 3.67. The number of rotatable bonds is 3. The molecule has 1 aromatic carbocycles. The van der Waals surface area contributed by atoms with Gasteiger partial charge in [0.1, 0.15) is 10.9 Å². The summed E-state index contributed by atoms with van der Waals surface area (Å²) in [6.07, 6.45) is -2.61. The summed E-state index contributed by atoms with van der Waals surface area (Å²) in [5, 5.41) is 1.64. The summed E-state index contributed by atoms with van der Waals surface area (Å²) in [6, 6.07) is 4.49. The van der Waals surface area contributed by atoms with Crippen LogP contribution in [-0.4, -0.2) is 16.3 Å². The molecule has 28 heavy (non-hydrogen) atoms. The van der Waals surface area contributed by atoms with Crippen LogP contribution in [0.25, 0.3) is 10.9 Å². The molecule has 3 aromatic rings. The zero-order valence-corrected chi connectivity index (χ0v) is 17.3. The van der Waals surface area contributed by atoms with Crippen molar-refractivity contribution in [3.05, 3.63) is 57.0 Å². The van der Waals surface area contributed by atoms with Crippen molar-refractivity contribution in [2.75, 3.05) is 0 Å². The molecule has 0 aliphatic heterocycles. The van der Waals surface area contributed by atoms with E-state index in [1.165, 1.54) is 12.1 Å². The summed E-state index contributed by atoms with van der Waals surface area (Å²) in [7, 11) is 0. The third-order valence-corrected chi connectivity index (χ3v) is 5.07. The van der Waals surface area contributed by atoms with Crippen molar-refractivity contribution >= 4 is 34.1 Å². The summed E-state index contributed by atoms with van der Waals surface area (Å²) < 4.78 is 41.5. The lowest BCUT2D eigenvalue weighted by Gasteiger charge is -2.19. The van der Waals surface area contributed by atoms with Gasteiger partial charge in [-0.2, -0.15) is 0 Å². The maximum Gasteiger partial charge on any atom is 0.573 e. The van der Waals surface area contributed by atoms with E-state index in [9.17, 15) is 13.2 Å². The smallest absolute Gasteiger partial charge is 0.406 e. The van der Waals surface area contributed by atoms with Gasteiger partial charge in [-0.3, -0.25) is 0 Å². The fraction of sp³-hybridized carbons (Fsp3) is 0.350. The molecule has 0 bridgehead atoms. The van der Waals surface area contributed by atoms with Gasteiger partial charge in [-0.15, -0.1) is 13.2 Å². The number of nitrogens with one attached hydrogen (secondary N) is 1. The Balaban J connectivity index is 2.00. The number of aryl methyl sites for hydroxylation is 1. The highest BCUT2D eigenvalue weighted by Crippen LogP contribution is 2.35. The zero-order chi connectivity index (χ0) is 20.9. The number of aromatic nitrogens is 2. The number of aromatic amines is 1. The molecule has 2 heterocycles. The highest BCUT2D eigenvalue weighted by molar-refractivity contribution is 6.35. The first-order valence-corrected chi connectivity index (χ1v) is 9.32. The molecule has 3 rings (SSSR count). The summed E-state index contributed by atoms with van der Waals surface area (Å²) in [5.74, 6) is -0.266. The normalized spacial score (nSPS) is 12.6. The third-order valence-electron chi connectivity index (χ3n) is 4.42. The zero-order valence-electron chi connectivity index (χ0n) is 15.8. The summed E-state index contributed by atoms with van der Waals surface area (Å²) in [5.41, 5.74) is 3.32. The topological polar surface area (TPSA) is 37.9 Å². The Morgan fingerprint density at radius 3 is 2.36 bits per heavy atom. The van der Waals surface area contributed by atoms with E-state index in [1.54, 1.807) is 19.2 Å². The Hall–Kier alpha value is -1.92. The first kappa shape index (κ1) is 20.8. The second kappa shape index (κ2) is 7.16. The van der Waals surface area contributed by atoms with Crippen LogP contribution in [0.2, 0.25) is 10.2 Å². The van der Waals surface area contributed by atoms with Crippen molar-refractivity contribution in [1.82, 2.24) is 9.97 Å². The second-order valence-corrected chi connectivity index (χ2v) is 8.48. The number of halogens is 5. The number of pyridine rings is 1. The lowest BCUT2D eigenvalue weighted by atomic mass is 9.91. The summed E-state index contributed by atoms with van der Waals surface area (Å²) >= 11 is 12.9. The predicted molar refractivity (Wildman–Crippen MR) is 105 cm³/mol. The Bertz CT molecular complexity index is 1010. The van der Waals surface area contributed by atoms with E-state index in [1.807, 2.05) is 20.8 Å². The van der Waals surface area contributed by atoms with Crippen LogP contribution >= 0.6 is 23.2 Å². The molecule has 0 saturated carbocycles. The number of fused-ring (bicyclic) bond motifs is 1. The number of alkyl halides is 3. The van der Waals surface area contributed by atoms with Gasteiger partial charge in [-0.05, 0) is 30.2 Å². The van der Waals surface area contributed by atoms with E-state index >= 15 is 0 Å². The SMILES string of the molecule is Cc1cc(OC(F)(F)F)cc2[nH]cc(Cc3c(Cl)cc(C(C)(C)C)nc3Cl)c12. The maximum atomic E-state index is 12.5. The molecule has 8 heteroatoms. The molecular formula is C20H19Cl2F3N2O. The Kier molecular flexibility index (Phi) is 5.32. The average Bonchev–Trinajstić information content (AvgIpc) is 2.91. The van der Waals surface area contributed by atoms with E-state index in [-0.39, 0.29) is 11.2 Å². The summed E-state index contributed by atoms with van der Waals surface area (Å²) in [4.78, 5) is 7.46. The van der Waals surface area contributed by atoms with Gasteiger partial charge >= 0.3 is 6.36 Å². The Morgan fingerprint density at radius 1 is 1.11 bits per heavy atom. The minimum atomic E-state index is -4.74. The largest absolute Gasteiger partial charge is 0.573 e. The highest BCUT2D eigenvalue weighted by atomic mass is 35.5. The lowest BCUT2D eigenvalue weighted by molar-refractivity contribution is -0.274. The van der Waals surface area contributed by atoms with Crippen LogP contribution in [0.15, 0.2) is 24.4 Å². The van der Waals surface area contributed by atoms with E-state index in [0.29, 0.717) is 33.2 Å². The van der Waals surface area contributed by atoms with Crippen molar-refractivity contribution in [3.8, 4) is 5.75 Å². The number of H-pyrrole nitrogens is 1. The van der Waals surface area contributed by atoms with Crippen molar-refractivity contribution in [2.24, 2.45) is 0 Å². The van der Waals surface area contributed by atoms with Crippen LogP contribution in [0.3, 0.4) is 0 Å². The number of hydrogen-bond acceptors (Lipinski definition) is 2. The monoisotopic (exact) mass is 430 g/mol. The van der Waals surface area contributed by atoms with Crippen LogP contribution in [0.5, 0.6) is 5.75 Å². The first-order valence-electron chi connectivity index (χ1n) is 8.57. The van der Waals surface area contributed by atoms with Gasteiger partial charge in [0.15, 0.2) is 0 Å². The van der Waals surface area contributed by atoms with Crippen molar-refractivity contribution in [1.29, 1.82) is 0 Å². The van der Waals surface area contributed by atoms with E-state index < -0.39 is 6.36 Å². The molecule has 0 unspecified atom stereocenters. The summed E-state index contributed by atoms with van der Waals surface area (Å²) in [6.45, 7) is 7.79. The molecule has 0 aliphatic rings. The molecule has 150 valence electrons. The molecule has 0 radical (unpaired) electrons. The molecule has 0 atom stereocenters. The van der Waals surface area contributed by atoms with E-state index in [0.717, 1.165) is 16.6 Å². The quantitative estimate of drug-likeness (QED) is 0.455. The number of nitrogens with zero attached hydrogens (tertiary/aromatic N) is 1. The molecule has 2 aromatic heterocycles. The minimum absolute atomic E-state index is 0.196. The van der Waals surface area contributed by atoms with Gasteiger partial charge in [-0.25, -0.2) is 4.98 Å². The van der Waals surface area contributed by atoms with E-state index in [2.05, 4.69) is 14.7 Å². The van der Waals surface area contributed by atoms with Crippen LogP contribution in [-0.2, 0) is 11.8 Å². The predicted octanol–water partition coefficient (Wildman–Crippen LogP) is 6.97. The molecule has 1 N–H and O–H groups in total. The molecule has 0 fully saturated rings. The molecule has 0 spiro atoms. The molecule has 0 saturated heterocycles. The number of hydrogen-bond donors (Lipinski definition) is 1. The fourth-order valence-electron chi connectivity index (χ4n) is 3.11. The number of ether oxygens (including phenoxy) is 1. The van der Waals surface area contributed by atoms with Gasteiger partial charge in [0.2, 0.25) is 0 Å². The van der Waals surface area contributed by atoms with Crippen molar-refractivity contribution in [3.63, 3.8) is 0 Å². The van der Waals surface area contributed by atoms with E-state index in [4.69, 9.17) is 23.2 Å². The van der Waals surface area contributed by atoms with Gasteiger partial charge in [0.25, 0.3) is 0 Å². The lowest BCUT2D eigenvalue weighted by Crippen LogP contribution is -2.17. The van der Waals surface area contributed by atoms with Gasteiger partial charge in [0.05, 0.1) is 0 Å². The maximum absolute atomic E-state index is 12.5. The Morgan fingerprint density at radius 2 is 1.79 bits per heavy atom. The van der Waals surface area contributed by atoms with Gasteiger partial charge in [0, 0.05) is 51.3 Å². The first-order chi connectivity index (χ1) is 12.8. The minimum Gasteiger partial charge on any atom is -0.406 e. The Labute approximate surface area is 170 Å². The average molecular weight is 431 g/mol. The van der Waals surface area contributed by atoms with Crippen molar-refractivity contribution < 1.29 is 17.9 Å². The van der Waals surface area contributed by atoms with Gasteiger partial charge < -0.3 is 9.72 Å². The standard InChI is InChI=1S/C20H19Cl2F3N2O/c1-10-5-12(28-20(23,24)25)7-15-17(10)11(9-26-15)6-13-14(21)8-16(19(2,3)4)27-18(13)22/h5,7-9,26H,6H2,1-4H3. The van der Waals surface area contributed by atoms with Crippen LogP contribution in [0.1, 0.15) is 43.2 Å². The third kappa shape index (κ3) is 4.39. The van der Waals surface area contributed by atoms with Gasteiger partial charge in [-0.1, -0.05) is 44.0 Å². The number of benzene rings is 1. The van der Waals surface area contributed by atoms with Crippen LogP contribution < -0.4 is 4.74 Å². The molecule has 3 nitrogen and oxygen atoms in total. The molecular weight excluding hydrogens is 412 g/mol. The van der Waals surface area contributed by atoms with Crippen molar-refractivity contribution in [2.45, 2.75) is 45.9 Å². The van der Waals surface area contributed by atoms with Crippen LogP contribution in [0.4, 0.5) is 13.2 Å². The van der Waals surface area contributed by atoms with Crippen LogP contribution in [0, 0.1) is 6.92 Å². The highest BCUT2D eigenvalue weighted by Gasteiger charge is 2.31.